The van der Waals surface area contributed by atoms with Gasteiger partial charge in [0.2, 0.25) is 5.43 Å². The fourth-order valence-electron chi connectivity index (χ4n) is 2.71. The normalized spacial score (nSPS) is 10.8. The van der Waals surface area contributed by atoms with Gasteiger partial charge in [0.15, 0.2) is 0 Å². The molecule has 0 aliphatic heterocycles. The highest BCUT2D eigenvalue weighted by Gasteiger charge is 2.16. The molecule has 1 amide bonds. The van der Waals surface area contributed by atoms with E-state index in [1.807, 2.05) is 17.5 Å². The van der Waals surface area contributed by atoms with E-state index < -0.39 is 0 Å². The second-order valence-electron chi connectivity index (χ2n) is 5.42. The van der Waals surface area contributed by atoms with Gasteiger partial charge in [0.05, 0.1) is 18.0 Å². The van der Waals surface area contributed by atoms with Crippen LogP contribution >= 0.6 is 11.3 Å². The Bertz CT molecular complexity index is 929. The third-order valence-corrected chi connectivity index (χ3v) is 4.80. The average Bonchev–Trinajstić information content (AvgIpc) is 3.10. The van der Waals surface area contributed by atoms with Crippen LogP contribution in [0.2, 0.25) is 0 Å². The van der Waals surface area contributed by atoms with Crippen molar-refractivity contribution in [3.8, 4) is 5.75 Å². The standard InChI is InChI=1S/C18H18N2O3S/c1-20-11-14(18(22)19-9-8-12-5-4-10-24-12)17(21)13-6-3-7-15(23-2)16(13)20/h3-7,10-11H,8-9H2,1-2H3,(H,19,22). The van der Waals surface area contributed by atoms with Gasteiger partial charge < -0.3 is 14.6 Å². The zero-order chi connectivity index (χ0) is 17.1. The van der Waals surface area contributed by atoms with Gasteiger partial charge in [-0.3, -0.25) is 9.59 Å². The molecule has 5 nitrogen and oxygen atoms in total. The van der Waals surface area contributed by atoms with Crippen molar-refractivity contribution in [2.24, 2.45) is 7.05 Å². The fraction of sp³-hybridized carbons (Fsp3) is 0.222. The Morgan fingerprint density at radius 1 is 1.29 bits per heavy atom. The van der Waals surface area contributed by atoms with E-state index in [1.54, 1.807) is 54.5 Å². The van der Waals surface area contributed by atoms with Crippen molar-refractivity contribution < 1.29 is 9.53 Å². The highest BCUT2D eigenvalue weighted by molar-refractivity contribution is 7.09. The van der Waals surface area contributed by atoms with Gasteiger partial charge in [-0.25, -0.2) is 0 Å². The van der Waals surface area contributed by atoms with Gasteiger partial charge in [0.1, 0.15) is 11.3 Å². The maximum absolute atomic E-state index is 12.7. The number of pyridine rings is 1. The van der Waals surface area contributed by atoms with Crippen LogP contribution in [-0.2, 0) is 13.5 Å². The summed E-state index contributed by atoms with van der Waals surface area (Å²) in [5.74, 6) is 0.258. The molecule has 1 aromatic carbocycles. The van der Waals surface area contributed by atoms with Gasteiger partial charge in [-0.2, -0.15) is 0 Å². The van der Waals surface area contributed by atoms with Crippen molar-refractivity contribution in [3.63, 3.8) is 0 Å². The minimum atomic E-state index is -0.350. The maximum Gasteiger partial charge on any atom is 0.256 e. The monoisotopic (exact) mass is 342 g/mol. The van der Waals surface area contributed by atoms with Gasteiger partial charge in [0, 0.05) is 24.7 Å². The lowest BCUT2D eigenvalue weighted by molar-refractivity contribution is 0.0952. The first-order chi connectivity index (χ1) is 11.6. The number of carbonyl (C=O) groups is 1. The molecular weight excluding hydrogens is 324 g/mol. The molecule has 0 radical (unpaired) electrons. The summed E-state index contributed by atoms with van der Waals surface area (Å²) >= 11 is 1.65. The molecular formula is C18H18N2O3S. The van der Waals surface area contributed by atoms with Crippen LogP contribution in [0.1, 0.15) is 15.2 Å². The number of methoxy groups -OCH3 is 1. The Balaban J connectivity index is 1.88. The molecule has 6 heteroatoms. The molecule has 0 aliphatic rings. The van der Waals surface area contributed by atoms with Gasteiger partial charge in [-0.15, -0.1) is 11.3 Å². The van der Waals surface area contributed by atoms with Gasteiger partial charge in [-0.1, -0.05) is 12.1 Å². The predicted octanol–water partition coefficient (Wildman–Crippen LogP) is 2.58. The number of para-hydroxylation sites is 1. The summed E-state index contributed by atoms with van der Waals surface area (Å²) in [4.78, 5) is 26.2. The Morgan fingerprint density at radius 3 is 2.83 bits per heavy atom. The number of fused-ring (bicyclic) bond motifs is 1. The molecule has 0 bridgehead atoms. The Kier molecular flexibility index (Phi) is 4.66. The summed E-state index contributed by atoms with van der Waals surface area (Å²) < 4.78 is 7.06. The van der Waals surface area contributed by atoms with Crippen LogP contribution in [0.15, 0.2) is 46.7 Å². The smallest absolute Gasteiger partial charge is 0.256 e. The molecule has 0 atom stereocenters. The van der Waals surface area contributed by atoms with Gasteiger partial charge >= 0.3 is 0 Å². The van der Waals surface area contributed by atoms with E-state index in [-0.39, 0.29) is 16.9 Å². The van der Waals surface area contributed by atoms with E-state index in [2.05, 4.69) is 5.32 Å². The Hall–Kier alpha value is -2.60. The lowest BCUT2D eigenvalue weighted by Crippen LogP contribution is -2.31. The lowest BCUT2D eigenvalue weighted by Gasteiger charge is -2.12. The molecule has 0 saturated heterocycles. The first-order valence-electron chi connectivity index (χ1n) is 7.58. The Morgan fingerprint density at radius 2 is 2.12 bits per heavy atom. The van der Waals surface area contributed by atoms with E-state index in [0.29, 0.717) is 23.2 Å². The van der Waals surface area contributed by atoms with Gasteiger partial charge in [0.25, 0.3) is 5.91 Å². The summed E-state index contributed by atoms with van der Waals surface area (Å²) in [6, 6.07) is 9.26. The number of hydrogen-bond acceptors (Lipinski definition) is 4. The highest BCUT2D eigenvalue weighted by atomic mass is 32.1. The summed E-state index contributed by atoms with van der Waals surface area (Å²) in [6.07, 6.45) is 2.32. The zero-order valence-corrected chi connectivity index (χ0v) is 14.4. The SMILES string of the molecule is COc1cccc2c(=O)c(C(=O)NCCc3cccs3)cn(C)c12. The second-order valence-corrected chi connectivity index (χ2v) is 6.46. The number of thiophene rings is 1. The molecule has 1 N–H and O–H groups in total. The zero-order valence-electron chi connectivity index (χ0n) is 13.5. The van der Waals surface area contributed by atoms with E-state index in [1.165, 1.54) is 4.88 Å². The van der Waals surface area contributed by atoms with E-state index in [0.717, 1.165) is 6.42 Å². The number of nitrogens with zero attached hydrogens (tertiary/aromatic N) is 1. The van der Waals surface area contributed by atoms with Crippen molar-refractivity contribution in [3.05, 3.63) is 62.6 Å². The van der Waals surface area contributed by atoms with Crippen LogP contribution in [-0.4, -0.2) is 24.1 Å². The molecule has 0 spiro atoms. The quantitative estimate of drug-likeness (QED) is 0.775. The minimum absolute atomic E-state index is 0.143. The van der Waals surface area contributed by atoms with Crippen molar-refractivity contribution in [2.45, 2.75) is 6.42 Å². The number of rotatable bonds is 5. The highest BCUT2D eigenvalue weighted by Crippen LogP contribution is 2.22. The largest absolute Gasteiger partial charge is 0.495 e. The number of hydrogen-bond donors (Lipinski definition) is 1. The summed E-state index contributed by atoms with van der Waals surface area (Å²) in [5.41, 5.74) is 0.542. The molecule has 3 aromatic rings. The van der Waals surface area contributed by atoms with Crippen LogP contribution in [0.4, 0.5) is 0 Å². The molecule has 24 heavy (non-hydrogen) atoms. The number of ether oxygens (including phenoxy) is 1. The number of amides is 1. The predicted molar refractivity (Wildman–Crippen MR) is 96.1 cm³/mol. The molecule has 2 heterocycles. The van der Waals surface area contributed by atoms with Crippen LogP contribution in [0.25, 0.3) is 10.9 Å². The van der Waals surface area contributed by atoms with E-state index in [9.17, 15) is 9.59 Å². The van der Waals surface area contributed by atoms with E-state index >= 15 is 0 Å². The summed E-state index contributed by atoms with van der Waals surface area (Å²) in [5, 5.41) is 5.30. The van der Waals surface area contributed by atoms with Crippen molar-refractivity contribution in [1.29, 1.82) is 0 Å². The van der Waals surface area contributed by atoms with Crippen LogP contribution in [0.3, 0.4) is 0 Å². The molecule has 0 unspecified atom stereocenters. The molecule has 0 aliphatic carbocycles. The molecule has 0 fully saturated rings. The Labute approximate surface area is 143 Å². The first kappa shape index (κ1) is 16.3. The molecule has 124 valence electrons. The lowest BCUT2D eigenvalue weighted by atomic mass is 10.1. The molecule has 2 aromatic heterocycles. The van der Waals surface area contributed by atoms with Crippen LogP contribution in [0.5, 0.6) is 5.75 Å². The van der Waals surface area contributed by atoms with Crippen molar-refractivity contribution in [2.75, 3.05) is 13.7 Å². The van der Waals surface area contributed by atoms with Crippen LogP contribution in [0, 0.1) is 0 Å². The van der Waals surface area contributed by atoms with Gasteiger partial charge in [-0.05, 0) is 30.0 Å². The first-order valence-corrected chi connectivity index (χ1v) is 8.46. The average molecular weight is 342 g/mol. The minimum Gasteiger partial charge on any atom is -0.495 e. The van der Waals surface area contributed by atoms with E-state index in [4.69, 9.17) is 4.74 Å². The number of nitrogens with one attached hydrogen (secondary N) is 1. The number of carbonyl (C=O) groups excluding carboxylic acids is 1. The molecule has 0 saturated carbocycles. The summed E-state index contributed by atoms with van der Waals surface area (Å²) in [6.45, 7) is 0.499. The fourth-order valence-corrected chi connectivity index (χ4v) is 3.42. The second kappa shape index (κ2) is 6.88. The number of aryl methyl sites for hydroxylation is 1. The maximum atomic E-state index is 12.7. The number of benzene rings is 1. The summed E-state index contributed by atoms with van der Waals surface area (Å²) in [7, 11) is 3.36. The third-order valence-electron chi connectivity index (χ3n) is 3.87. The topological polar surface area (TPSA) is 60.3 Å². The number of aromatic nitrogens is 1. The third kappa shape index (κ3) is 3.05. The van der Waals surface area contributed by atoms with Crippen molar-refractivity contribution in [1.82, 2.24) is 9.88 Å². The van der Waals surface area contributed by atoms with Crippen LogP contribution < -0.4 is 15.5 Å². The molecule has 3 rings (SSSR count). The van der Waals surface area contributed by atoms with Crippen molar-refractivity contribution >= 4 is 28.1 Å².